The first-order valence-electron chi connectivity index (χ1n) is 19.6. The number of benzene rings is 2. The van der Waals surface area contributed by atoms with Gasteiger partial charge < -0.3 is 39.0 Å². The second kappa shape index (κ2) is 21.3. The standard InChI is InChI=1S/C42H58N2O14S/c1-10-12-19-42(20-13-11-2)24-59(52,53)35-18-17-32(44(8)9)22-33(35)36(40(42)50)30-15-14-16-31(21-30)43-41(51)39(58-29(7)49)38(57-28(6)48)37(56-27(5)47)34(55-26(4)46)23-54-25(3)45/h14-18,21-22,34,36-40,50H,10-13,19-20,23-24H2,1-9H3,(H,43,51)/t34-,36-,37-,38+,39-,40-/m1/s1. The monoisotopic (exact) mass is 846 g/mol. The number of hydrogen-bond acceptors (Lipinski definition) is 15. The predicted octanol–water partition coefficient (Wildman–Crippen LogP) is 4.63. The van der Waals surface area contributed by atoms with E-state index in [9.17, 15) is 42.3 Å². The molecule has 0 aliphatic carbocycles. The molecule has 3 rings (SSSR count). The summed E-state index contributed by atoms with van der Waals surface area (Å²) in [7, 11) is -0.268. The van der Waals surface area contributed by atoms with Crippen LogP contribution in [0.25, 0.3) is 0 Å². The van der Waals surface area contributed by atoms with Gasteiger partial charge in [-0.15, -0.1) is 0 Å². The van der Waals surface area contributed by atoms with Crippen LogP contribution >= 0.6 is 0 Å². The van der Waals surface area contributed by atoms with Crippen LogP contribution in [0.1, 0.15) is 104 Å². The quantitative estimate of drug-likeness (QED) is 0.146. The van der Waals surface area contributed by atoms with Crippen LogP contribution in [0.4, 0.5) is 11.4 Å². The number of fused-ring (bicyclic) bond motifs is 1. The molecule has 2 aromatic rings. The highest BCUT2D eigenvalue weighted by atomic mass is 32.2. The van der Waals surface area contributed by atoms with Crippen molar-refractivity contribution in [3.8, 4) is 0 Å². The van der Waals surface area contributed by atoms with E-state index < -0.39 is 94.1 Å². The fourth-order valence-electron chi connectivity index (χ4n) is 7.51. The van der Waals surface area contributed by atoms with Crippen LogP contribution in [-0.2, 0) is 62.3 Å². The number of rotatable bonds is 19. The summed E-state index contributed by atoms with van der Waals surface area (Å²) in [5.41, 5.74) is 0.669. The Balaban J connectivity index is 2.24. The molecular weight excluding hydrogens is 789 g/mol. The SMILES string of the molecule is CCCCC1(CCCC)CS(=O)(=O)c2ccc(N(C)C)cc2[C@@H](c2cccc(NC(=O)[C@H](OC(C)=O)[C@@H](OC(C)=O)[C@H](OC(C)=O)[C@@H](COC(C)=O)OC(C)=O)c2)[C@H]1O. The van der Waals surface area contributed by atoms with Crippen molar-refractivity contribution in [1.82, 2.24) is 0 Å². The summed E-state index contributed by atoms with van der Waals surface area (Å²) in [4.78, 5) is 77.5. The number of carbonyl (C=O) groups is 6. The Morgan fingerprint density at radius 2 is 1.37 bits per heavy atom. The molecule has 326 valence electrons. The average Bonchev–Trinajstić information content (AvgIpc) is 3.21. The molecule has 0 saturated carbocycles. The van der Waals surface area contributed by atoms with Gasteiger partial charge in [0, 0.05) is 71.4 Å². The number of aliphatic hydroxyl groups excluding tert-OH is 1. The van der Waals surface area contributed by atoms with Crippen molar-refractivity contribution >= 4 is 57.0 Å². The number of unbranched alkanes of at least 4 members (excludes halogenated alkanes) is 2. The van der Waals surface area contributed by atoms with Crippen LogP contribution in [0.2, 0.25) is 0 Å². The van der Waals surface area contributed by atoms with E-state index in [1.54, 1.807) is 36.4 Å². The molecule has 0 bridgehead atoms. The first-order valence-corrected chi connectivity index (χ1v) is 21.3. The molecular formula is C42H58N2O14S. The van der Waals surface area contributed by atoms with Crippen LogP contribution < -0.4 is 10.2 Å². The Morgan fingerprint density at radius 1 is 0.797 bits per heavy atom. The van der Waals surface area contributed by atoms with Gasteiger partial charge in [-0.2, -0.15) is 0 Å². The summed E-state index contributed by atoms with van der Waals surface area (Å²) in [5, 5.41) is 15.3. The van der Waals surface area contributed by atoms with E-state index in [-0.39, 0.29) is 16.3 Å². The molecule has 0 radical (unpaired) electrons. The second-order valence-corrected chi connectivity index (χ2v) is 17.1. The second-order valence-electron chi connectivity index (χ2n) is 15.1. The van der Waals surface area contributed by atoms with Crippen molar-refractivity contribution in [1.29, 1.82) is 0 Å². The van der Waals surface area contributed by atoms with Gasteiger partial charge in [0.15, 0.2) is 28.1 Å². The number of sulfone groups is 1. The smallest absolute Gasteiger partial charge is 0.303 e. The van der Waals surface area contributed by atoms with Crippen LogP contribution in [0, 0.1) is 5.41 Å². The average molecular weight is 847 g/mol. The van der Waals surface area contributed by atoms with Gasteiger partial charge in [0.2, 0.25) is 6.10 Å². The number of esters is 5. The van der Waals surface area contributed by atoms with Crippen LogP contribution in [0.3, 0.4) is 0 Å². The number of carbonyl (C=O) groups excluding carboxylic acids is 6. The topological polar surface area (TPSA) is 218 Å². The van der Waals surface area contributed by atoms with Crippen molar-refractivity contribution in [2.75, 3.05) is 36.7 Å². The molecule has 0 fully saturated rings. The molecule has 1 aliphatic rings. The Bertz CT molecular complexity index is 1940. The summed E-state index contributed by atoms with van der Waals surface area (Å²) in [5.74, 6) is -6.90. The normalized spacial score (nSPS) is 18.6. The lowest BCUT2D eigenvalue weighted by atomic mass is 9.68. The number of hydrogen-bond donors (Lipinski definition) is 2. The van der Waals surface area contributed by atoms with E-state index in [2.05, 4.69) is 5.32 Å². The van der Waals surface area contributed by atoms with Crippen LogP contribution in [0.5, 0.6) is 0 Å². The van der Waals surface area contributed by atoms with Gasteiger partial charge >= 0.3 is 29.8 Å². The summed E-state index contributed by atoms with van der Waals surface area (Å²) in [6, 6.07) is 11.5. The maximum absolute atomic E-state index is 14.3. The van der Waals surface area contributed by atoms with Crippen molar-refractivity contribution in [3.05, 3.63) is 53.6 Å². The van der Waals surface area contributed by atoms with Crippen LogP contribution in [-0.4, -0.2) is 106 Å². The predicted molar refractivity (Wildman–Crippen MR) is 216 cm³/mol. The Hall–Kier alpha value is -5.03. The number of aliphatic hydroxyl groups is 1. The van der Waals surface area contributed by atoms with Gasteiger partial charge in [0.1, 0.15) is 6.61 Å². The molecule has 1 aliphatic heterocycles. The van der Waals surface area contributed by atoms with Gasteiger partial charge in [0.05, 0.1) is 16.8 Å². The van der Waals surface area contributed by atoms with E-state index in [1.807, 2.05) is 32.8 Å². The highest BCUT2D eigenvalue weighted by Crippen LogP contribution is 2.50. The molecule has 16 nitrogen and oxygen atoms in total. The summed E-state index contributed by atoms with van der Waals surface area (Å²) >= 11 is 0. The third-order valence-electron chi connectivity index (χ3n) is 10.1. The molecule has 17 heteroatoms. The lowest BCUT2D eigenvalue weighted by Crippen LogP contribution is -2.56. The summed E-state index contributed by atoms with van der Waals surface area (Å²) in [6.45, 7) is 8.37. The molecule has 0 saturated heterocycles. The van der Waals surface area contributed by atoms with Gasteiger partial charge in [-0.05, 0) is 54.3 Å². The molecule has 0 aromatic heterocycles. The molecule has 1 amide bonds. The zero-order valence-corrected chi connectivity index (χ0v) is 36.1. The number of anilines is 2. The lowest BCUT2D eigenvalue weighted by Gasteiger charge is -2.40. The van der Waals surface area contributed by atoms with E-state index in [0.29, 0.717) is 42.5 Å². The van der Waals surface area contributed by atoms with E-state index in [4.69, 9.17) is 23.7 Å². The lowest BCUT2D eigenvalue weighted by molar-refractivity contribution is -0.202. The number of nitrogens with one attached hydrogen (secondary N) is 1. The maximum Gasteiger partial charge on any atom is 0.303 e. The Labute approximate surface area is 346 Å². The van der Waals surface area contributed by atoms with Crippen molar-refractivity contribution in [3.63, 3.8) is 0 Å². The molecule has 2 aromatic carbocycles. The molecule has 6 atom stereocenters. The minimum absolute atomic E-state index is 0.100. The highest BCUT2D eigenvalue weighted by molar-refractivity contribution is 7.91. The van der Waals surface area contributed by atoms with E-state index >= 15 is 0 Å². The fourth-order valence-corrected chi connectivity index (χ4v) is 9.70. The summed E-state index contributed by atoms with van der Waals surface area (Å²) in [6.07, 6.45) is -4.80. The van der Waals surface area contributed by atoms with E-state index in [0.717, 1.165) is 47.5 Å². The maximum atomic E-state index is 14.3. The van der Waals surface area contributed by atoms with Crippen molar-refractivity contribution < 1.29 is 66.0 Å². The van der Waals surface area contributed by atoms with E-state index in [1.165, 1.54) is 6.07 Å². The van der Waals surface area contributed by atoms with Gasteiger partial charge in [-0.25, -0.2) is 8.42 Å². The Morgan fingerprint density at radius 3 is 1.90 bits per heavy atom. The molecule has 0 unspecified atom stereocenters. The molecule has 59 heavy (non-hydrogen) atoms. The minimum Gasteiger partial charge on any atom is -0.462 e. The first kappa shape index (κ1) is 48.3. The highest BCUT2D eigenvalue weighted by Gasteiger charge is 2.50. The van der Waals surface area contributed by atoms with Gasteiger partial charge in [-0.1, -0.05) is 51.7 Å². The molecule has 2 N–H and O–H groups in total. The third-order valence-corrected chi connectivity index (χ3v) is 12.1. The molecule has 0 spiro atoms. The molecule has 1 heterocycles. The van der Waals surface area contributed by atoms with Crippen molar-refractivity contribution in [2.24, 2.45) is 5.41 Å². The fraction of sp³-hybridized carbons (Fsp3) is 0.571. The van der Waals surface area contributed by atoms with Crippen molar-refractivity contribution in [2.45, 2.75) is 128 Å². The van der Waals surface area contributed by atoms with Crippen LogP contribution in [0.15, 0.2) is 47.4 Å². The van der Waals surface area contributed by atoms with Gasteiger partial charge in [0.25, 0.3) is 5.91 Å². The third kappa shape index (κ3) is 13.0. The minimum atomic E-state index is -3.91. The zero-order chi connectivity index (χ0) is 44.2. The largest absolute Gasteiger partial charge is 0.462 e. The van der Waals surface area contributed by atoms with Gasteiger partial charge in [-0.3, -0.25) is 28.8 Å². The number of amides is 1. The number of nitrogens with zero attached hydrogens (tertiary/aromatic N) is 1. The Kier molecular flexibility index (Phi) is 17.4. The number of ether oxygens (including phenoxy) is 5. The zero-order valence-electron chi connectivity index (χ0n) is 35.3. The first-order chi connectivity index (χ1) is 27.7. The summed E-state index contributed by atoms with van der Waals surface area (Å²) < 4.78 is 55.2.